The molecule has 0 heterocycles. The second-order valence-electron chi connectivity index (χ2n) is 3.07. The van der Waals surface area contributed by atoms with Gasteiger partial charge in [0, 0.05) is 0 Å². The molecule has 0 radical (unpaired) electrons. The Labute approximate surface area is 76.3 Å². The molecule has 0 aromatic carbocycles. The van der Waals surface area contributed by atoms with Gasteiger partial charge in [-0.25, -0.2) is 0 Å². The minimum absolute atomic E-state index is 0.471. The Kier molecular flexibility index (Phi) is 4.36. The Morgan fingerprint density at radius 3 is 1.73 bits per heavy atom. The Hall–Kier alpha value is 0.200. The van der Waals surface area contributed by atoms with Crippen molar-refractivity contribution in [3.63, 3.8) is 0 Å². The van der Waals surface area contributed by atoms with Crippen LogP contribution in [-0.4, -0.2) is 21.7 Å². The van der Waals surface area contributed by atoms with E-state index in [0.29, 0.717) is 11.3 Å². The maximum atomic E-state index is 8.41. The molecule has 0 spiro atoms. The van der Waals surface area contributed by atoms with Crippen molar-refractivity contribution in [3.05, 3.63) is 5.53 Å². The lowest BCUT2D eigenvalue weighted by Gasteiger charge is -2.19. The molecule has 2 nitrogen and oxygen atoms in total. The molecular weight excluding hydrogens is 223 g/mol. The van der Waals surface area contributed by atoms with Crippen molar-refractivity contribution in [2.75, 3.05) is 0 Å². The van der Waals surface area contributed by atoms with E-state index in [1.54, 1.807) is 0 Å². The average Bonchev–Trinajstić information content (AvgIpc) is 1.87. The summed E-state index contributed by atoms with van der Waals surface area (Å²) in [6, 6.07) is 0. The second-order valence-corrected chi connectivity index (χ2v) is 10.2. The second kappa shape index (κ2) is 4.28. The molecule has 0 bridgehead atoms. The van der Waals surface area contributed by atoms with E-state index in [1.807, 2.05) is 0 Å². The minimum atomic E-state index is -1.47. The summed E-state index contributed by atoms with van der Waals surface area (Å²) in [5.74, 6) is 0. The molecule has 0 aromatic heterocycles. The van der Waals surface area contributed by atoms with Crippen LogP contribution < -0.4 is 0 Å². The highest BCUT2D eigenvalue weighted by Gasteiger charge is 2.26. The maximum Gasteiger partial charge on any atom is 0.297 e. The van der Waals surface area contributed by atoms with Gasteiger partial charge in [-0.1, -0.05) is 27.7 Å². The van der Waals surface area contributed by atoms with Crippen LogP contribution in [0.2, 0.25) is 0 Å². The number of halogens is 1. The van der Waals surface area contributed by atoms with Crippen molar-refractivity contribution in [2.45, 2.75) is 39.0 Å². The Balaban J connectivity index is 5.18. The number of nitrogens with zero attached hydrogens (tertiary/aromatic N) is 2. The summed E-state index contributed by atoms with van der Waals surface area (Å²) in [4.78, 5) is 3.00. The molecule has 0 saturated carbocycles. The quantitative estimate of drug-likeness (QED) is 0.306. The van der Waals surface area contributed by atoms with Crippen LogP contribution in [0.3, 0.4) is 0 Å². The van der Waals surface area contributed by atoms with E-state index in [1.165, 1.54) is 0 Å². The molecule has 11 heavy (non-hydrogen) atoms. The number of hydrogen-bond donors (Lipinski definition) is 0. The van der Waals surface area contributed by atoms with E-state index in [-0.39, 0.29) is 0 Å². The fourth-order valence-electron chi connectivity index (χ4n) is 0.896. The van der Waals surface area contributed by atoms with Crippen molar-refractivity contribution in [2.24, 2.45) is 0 Å². The van der Waals surface area contributed by atoms with Crippen molar-refractivity contribution >= 4 is 26.7 Å². The molecule has 4 heteroatoms. The average molecular weight is 237 g/mol. The first-order valence-electron chi connectivity index (χ1n) is 3.64. The van der Waals surface area contributed by atoms with Gasteiger partial charge >= 0.3 is 0 Å². The van der Waals surface area contributed by atoms with Crippen molar-refractivity contribution < 1.29 is 4.79 Å². The van der Waals surface area contributed by atoms with Crippen LogP contribution >= 0.6 is 21.1 Å². The summed E-state index contributed by atoms with van der Waals surface area (Å²) in [5.41, 5.74) is 10.7. The third-order valence-electron chi connectivity index (χ3n) is 1.70. The first-order valence-corrected chi connectivity index (χ1v) is 7.59. The van der Waals surface area contributed by atoms with Crippen molar-refractivity contribution in [1.29, 1.82) is 0 Å². The zero-order valence-electron chi connectivity index (χ0n) is 7.37. The summed E-state index contributed by atoms with van der Waals surface area (Å²) >= 11 is 3.62. The molecule has 0 aromatic rings. The first-order chi connectivity index (χ1) is 4.95. The molecule has 0 fully saturated rings. The van der Waals surface area contributed by atoms with Gasteiger partial charge in [-0.15, -0.1) is 4.79 Å². The van der Waals surface area contributed by atoms with Crippen molar-refractivity contribution in [3.8, 4) is 0 Å². The highest BCUT2D eigenvalue weighted by atomic mass is 79.9. The Bertz CT molecular complexity index is 223. The van der Waals surface area contributed by atoms with Gasteiger partial charge < -0.3 is 5.53 Å². The summed E-state index contributed by atoms with van der Waals surface area (Å²) in [5, 5.41) is 0. The standard InChI is InChI=1S/C7H14BrN2P/c1-6(2)11(8,5-10-9)7(3)4/h6-7H,1-4H3. The largest absolute Gasteiger partial charge is 0.348 e. The highest BCUT2D eigenvalue weighted by molar-refractivity contribution is 9.41. The van der Waals surface area contributed by atoms with Gasteiger partial charge in [0.2, 0.25) is 0 Å². The smallest absolute Gasteiger partial charge is 0.297 e. The van der Waals surface area contributed by atoms with Crippen LogP contribution in [0.25, 0.3) is 5.53 Å². The van der Waals surface area contributed by atoms with Gasteiger partial charge in [0.05, 0.1) is 5.59 Å². The van der Waals surface area contributed by atoms with Gasteiger partial charge in [-0.2, -0.15) is 0 Å². The summed E-state index contributed by atoms with van der Waals surface area (Å²) < 4.78 is 0. The third kappa shape index (κ3) is 2.61. The zero-order chi connectivity index (χ0) is 9.07. The number of hydrogen-bond acceptors (Lipinski definition) is 0. The predicted octanol–water partition coefficient (Wildman–Crippen LogP) is 3.27. The molecule has 0 atom stereocenters. The van der Waals surface area contributed by atoms with E-state index in [4.69, 9.17) is 5.53 Å². The molecule has 64 valence electrons. The topological polar surface area (TPSA) is 36.4 Å². The maximum absolute atomic E-state index is 8.41. The predicted molar refractivity (Wildman–Crippen MR) is 54.7 cm³/mol. The van der Waals surface area contributed by atoms with Crippen LogP contribution in [0, 0.1) is 0 Å². The summed E-state index contributed by atoms with van der Waals surface area (Å²) in [7, 11) is 0. The first kappa shape index (κ1) is 11.2. The van der Waals surface area contributed by atoms with Crippen LogP contribution in [0.5, 0.6) is 0 Å². The lowest BCUT2D eigenvalue weighted by atomic mass is 10.5. The molecule has 0 rings (SSSR count). The highest BCUT2D eigenvalue weighted by Crippen LogP contribution is 2.61. The molecular formula is C7H14BrN2P. The lowest BCUT2D eigenvalue weighted by Crippen LogP contribution is -2.03. The van der Waals surface area contributed by atoms with E-state index < -0.39 is 5.59 Å². The van der Waals surface area contributed by atoms with Gasteiger partial charge in [0.15, 0.2) is 0 Å². The molecule has 0 saturated heterocycles. The van der Waals surface area contributed by atoms with E-state index >= 15 is 0 Å². The molecule has 0 aliphatic heterocycles. The minimum Gasteiger partial charge on any atom is -0.348 e. The van der Waals surface area contributed by atoms with Gasteiger partial charge in [0.1, 0.15) is 0 Å². The molecule has 0 amide bonds. The van der Waals surface area contributed by atoms with Gasteiger partial charge in [0.25, 0.3) is 5.59 Å². The number of rotatable bonds is 2. The van der Waals surface area contributed by atoms with Gasteiger partial charge in [-0.3, -0.25) is 0 Å². The van der Waals surface area contributed by atoms with Crippen LogP contribution in [0.15, 0.2) is 0 Å². The van der Waals surface area contributed by atoms with E-state index in [9.17, 15) is 0 Å². The summed E-state index contributed by atoms with van der Waals surface area (Å²) in [6.45, 7) is 8.45. The monoisotopic (exact) mass is 236 g/mol. The molecule has 0 aliphatic carbocycles. The molecule has 0 unspecified atom stereocenters. The van der Waals surface area contributed by atoms with Gasteiger partial charge in [-0.05, 0) is 26.8 Å². The lowest BCUT2D eigenvalue weighted by molar-refractivity contribution is 0.00939. The fraction of sp³-hybridized carbons (Fsp3) is 0.857. The Morgan fingerprint density at radius 1 is 1.27 bits per heavy atom. The fourth-order valence-corrected chi connectivity index (χ4v) is 2.90. The van der Waals surface area contributed by atoms with E-state index in [0.717, 1.165) is 0 Å². The molecule has 0 aliphatic rings. The third-order valence-corrected chi connectivity index (χ3v) is 10.5. The van der Waals surface area contributed by atoms with Crippen LogP contribution in [0.1, 0.15) is 27.7 Å². The molecule has 0 N–H and O–H groups in total. The zero-order valence-corrected chi connectivity index (χ0v) is 9.85. The van der Waals surface area contributed by atoms with Crippen molar-refractivity contribution in [1.82, 2.24) is 0 Å². The SMILES string of the molecule is CC(C)P(Br)(=C=[N+]=[N-])C(C)C. The van der Waals surface area contributed by atoms with Crippen LogP contribution in [-0.2, 0) is 0 Å². The van der Waals surface area contributed by atoms with Crippen LogP contribution in [0.4, 0.5) is 0 Å². The summed E-state index contributed by atoms with van der Waals surface area (Å²) in [6.07, 6.45) is 0. The Morgan fingerprint density at radius 2 is 1.64 bits per heavy atom. The van der Waals surface area contributed by atoms with E-state index in [2.05, 4.69) is 53.6 Å². The normalized spacial score (nSPS) is 11.5.